The summed E-state index contributed by atoms with van der Waals surface area (Å²) in [5.41, 5.74) is 6.99. The zero-order valence-electron chi connectivity index (χ0n) is 12.1. The summed E-state index contributed by atoms with van der Waals surface area (Å²) in [5.74, 6) is 0. The van der Waals surface area contributed by atoms with Crippen molar-refractivity contribution in [3.8, 4) is 0 Å². The first-order valence-electron chi connectivity index (χ1n) is 6.46. The van der Waals surface area contributed by atoms with Gasteiger partial charge in [-0.1, -0.05) is 31.9 Å². The Labute approximate surface area is 137 Å². The van der Waals surface area contributed by atoms with E-state index in [1.54, 1.807) is 0 Å². The molecule has 0 aliphatic heterocycles. The van der Waals surface area contributed by atoms with E-state index in [9.17, 15) is 0 Å². The largest absolute Gasteiger partial charge is 0.256 e. The van der Waals surface area contributed by atoms with Crippen molar-refractivity contribution in [2.24, 2.45) is 4.99 Å². The molecule has 0 aromatic heterocycles. The molecular weight excluding hydrogens is 378 g/mol. The normalized spacial score (nSPS) is 11.3. The summed E-state index contributed by atoms with van der Waals surface area (Å²) in [6.07, 6.45) is 1.93. The van der Waals surface area contributed by atoms with Crippen LogP contribution in [-0.2, 0) is 0 Å². The van der Waals surface area contributed by atoms with Crippen LogP contribution in [0.15, 0.2) is 38.2 Å². The van der Waals surface area contributed by atoms with E-state index in [4.69, 9.17) is 0 Å². The molecule has 0 fully saturated rings. The molecule has 20 heavy (non-hydrogen) atoms. The lowest BCUT2D eigenvalue weighted by molar-refractivity contribution is 1.32. The maximum absolute atomic E-state index is 4.59. The van der Waals surface area contributed by atoms with Crippen LogP contribution in [0.3, 0.4) is 0 Å². The fourth-order valence-corrected chi connectivity index (χ4v) is 2.66. The van der Waals surface area contributed by atoms with Crippen molar-refractivity contribution in [1.29, 1.82) is 0 Å². The van der Waals surface area contributed by atoms with Gasteiger partial charge in [0, 0.05) is 15.2 Å². The first kappa shape index (κ1) is 15.5. The highest BCUT2D eigenvalue weighted by Gasteiger charge is 2.02. The number of hydrogen-bond donors (Lipinski definition) is 0. The number of aryl methyl sites for hydroxylation is 4. The summed E-state index contributed by atoms with van der Waals surface area (Å²) in [5, 5.41) is 0. The van der Waals surface area contributed by atoms with Crippen molar-refractivity contribution in [3.63, 3.8) is 0 Å². The van der Waals surface area contributed by atoms with E-state index in [1.165, 1.54) is 26.7 Å². The second kappa shape index (κ2) is 6.23. The smallest absolute Gasteiger partial charge is 0.0635 e. The van der Waals surface area contributed by atoms with Crippen molar-refractivity contribution in [2.45, 2.75) is 27.7 Å². The molecule has 2 aromatic carbocycles. The molecule has 104 valence electrons. The highest BCUT2D eigenvalue weighted by atomic mass is 79.9. The predicted molar refractivity (Wildman–Crippen MR) is 94.5 cm³/mol. The van der Waals surface area contributed by atoms with Crippen LogP contribution in [0.4, 0.5) is 5.69 Å². The Morgan fingerprint density at radius 2 is 1.15 bits per heavy atom. The monoisotopic (exact) mass is 393 g/mol. The second-order valence-electron chi connectivity index (χ2n) is 5.12. The molecule has 0 atom stereocenters. The third-order valence-electron chi connectivity index (χ3n) is 3.24. The third-order valence-corrected chi connectivity index (χ3v) is 5.74. The van der Waals surface area contributed by atoms with E-state index >= 15 is 0 Å². The molecule has 0 heterocycles. The van der Waals surface area contributed by atoms with Gasteiger partial charge in [0.25, 0.3) is 0 Å². The van der Waals surface area contributed by atoms with Crippen LogP contribution in [0.5, 0.6) is 0 Å². The summed E-state index contributed by atoms with van der Waals surface area (Å²) in [4.78, 5) is 4.59. The van der Waals surface area contributed by atoms with Gasteiger partial charge in [0.05, 0.1) is 5.69 Å². The molecule has 0 unspecified atom stereocenters. The lowest BCUT2D eigenvalue weighted by Crippen LogP contribution is -1.88. The van der Waals surface area contributed by atoms with Crippen molar-refractivity contribution in [2.75, 3.05) is 0 Å². The summed E-state index contributed by atoms with van der Waals surface area (Å²) in [6, 6.07) is 8.45. The Hall–Kier alpha value is -0.930. The second-order valence-corrected chi connectivity index (χ2v) is 6.71. The highest BCUT2D eigenvalue weighted by molar-refractivity contribution is 9.10. The molecule has 0 radical (unpaired) electrons. The number of hydrogen-bond acceptors (Lipinski definition) is 1. The average Bonchev–Trinajstić information content (AvgIpc) is 2.39. The van der Waals surface area contributed by atoms with Gasteiger partial charge >= 0.3 is 0 Å². The number of rotatable bonds is 2. The predicted octanol–water partition coefficient (Wildman–Crippen LogP) is 6.20. The number of aliphatic imine (C=N–C) groups is 1. The molecule has 2 rings (SSSR count). The van der Waals surface area contributed by atoms with E-state index in [0.29, 0.717) is 0 Å². The Kier molecular flexibility index (Phi) is 4.82. The minimum absolute atomic E-state index is 0.987. The third kappa shape index (κ3) is 3.39. The van der Waals surface area contributed by atoms with Crippen LogP contribution in [0.2, 0.25) is 0 Å². The van der Waals surface area contributed by atoms with E-state index in [0.717, 1.165) is 15.7 Å². The molecule has 0 saturated carbocycles. The average molecular weight is 395 g/mol. The highest BCUT2D eigenvalue weighted by Crippen LogP contribution is 2.27. The summed E-state index contributed by atoms with van der Waals surface area (Å²) >= 11 is 7.17. The summed E-state index contributed by atoms with van der Waals surface area (Å²) < 4.78 is 2.33. The Bertz CT molecular complexity index is 582. The first-order valence-corrected chi connectivity index (χ1v) is 8.04. The Morgan fingerprint density at radius 3 is 1.60 bits per heavy atom. The zero-order valence-corrected chi connectivity index (χ0v) is 15.3. The lowest BCUT2D eigenvalue weighted by atomic mass is 10.1. The van der Waals surface area contributed by atoms with Crippen LogP contribution in [-0.4, -0.2) is 6.21 Å². The molecule has 2 aromatic rings. The number of halogens is 2. The molecule has 1 nitrogen and oxygen atoms in total. The molecule has 0 saturated heterocycles. The van der Waals surface area contributed by atoms with E-state index < -0.39 is 0 Å². The van der Waals surface area contributed by atoms with E-state index in [2.05, 4.69) is 88.8 Å². The molecular formula is C17H17Br2N. The van der Waals surface area contributed by atoms with Crippen LogP contribution < -0.4 is 0 Å². The first-order chi connectivity index (χ1) is 9.38. The van der Waals surface area contributed by atoms with Gasteiger partial charge in [-0.2, -0.15) is 0 Å². The quantitative estimate of drug-likeness (QED) is 0.538. The Morgan fingerprint density at radius 1 is 0.750 bits per heavy atom. The van der Waals surface area contributed by atoms with Crippen molar-refractivity contribution in [1.82, 2.24) is 0 Å². The van der Waals surface area contributed by atoms with Gasteiger partial charge in [0.1, 0.15) is 0 Å². The van der Waals surface area contributed by atoms with Crippen LogP contribution in [0, 0.1) is 27.7 Å². The minimum Gasteiger partial charge on any atom is -0.256 e. The van der Waals surface area contributed by atoms with Crippen LogP contribution in [0.1, 0.15) is 27.8 Å². The molecule has 0 N–H and O–H groups in total. The molecule has 0 aliphatic rings. The van der Waals surface area contributed by atoms with E-state index in [-0.39, 0.29) is 0 Å². The number of benzene rings is 2. The van der Waals surface area contributed by atoms with Gasteiger partial charge in [-0.3, -0.25) is 4.99 Å². The molecule has 0 aliphatic carbocycles. The molecule has 0 amide bonds. The minimum atomic E-state index is 0.987. The van der Waals surface area contributed by atoms with Crippen LogP contribution in [0.25, 0.3) is 0 Å². The SMILES string of the molecule is Cc1cc(/C=N/c2cc(C)c(Br)c(C)c2)cc(C)c1Br. The Balaban J connectivity index is 2.35. The van der Waals surface area contributed by atoms with Crippen molar-refractivity contribution in [3.05, 3.63) is 61.0 Å². The lowest BCUT2D eigenvalue weighted by Gasteiger charge is -2.06. The van der Waals surface area contributed by atoms with Gasteiger partial charge in [-0.05, 0) is 79.8 Å². The fourth-order valence-electron chi connectivity index (χ4n) is 2.20. The van der Waals surface area contributed by atoms with Gasteiger partial charge in [-0.25, -0.2) is 0 Å². The standard InChI is InChI=1S/C17H17Br2N/c1-10-5-14(6-11(2)16(10)18)9-20-15-7-12(3)17(19)13(4)8-15/h5-9H,1-4H3/b20-9+. The van der Waals surface area contributed by atoms with Crippen LogP contribution >= 0.6 is 31.9 Å². The summed E-state index contributed by atoms with van der Waals surface area (Å²) in [6.45, 7) is 8.37. The number of nitrogens with zero attached hydrogens (tertiary/aromatic N) is 1. The fraction of sp³-hybridized carbons (Fsp3) is 0.235. The van der Waals surface area contributed by atoms with Gasteiger partial charge in [0.15, 0.2) is 0 Å². The van der Waals surface area contributed by atoms with Gasteiger partial charge in [0.2, 0.25) is 0 Å². The maximum Gasteiger partial charge on any atom is 0.0635 e. The maximum atomic E-state index is 4.59. The molecule has 3 heteroatoms. The van der Waals surface area contributed by atoms with Gasteiger partial charge in [-0.15, -0.1) is 0 Å². The molecule has 0 spiro atoms. The zero-order chi connectivity index (χ0) is 14.9. The van der Waals surface area contributed by atoms with Crippen molar-refractivity contribution >= 4 is 43.8 Å². The summed E-state index contributed by atoms with van der Waals surface area (Å²) in [7, 11) is 0. The van der Waals surface area contributed by atoms with Gasteiger partial charge < -0.3 is 0 Å². The van der Waals surface area contributed by atoms with E-state index in [1.807, 2.05) is 6.21 Å². The van der Waals surface area contributed by atoms with Crippen molar-refractivity contribution < 1.29 is 0 Å². The molecule has 0 bridgehead atoms. The topological polar surface area (TPSA) is 12.4 Å².